The molecule has 3 heteroatoms. The number of hydrogen-bond acceptors (Lipinski definition) is 3. The summed E-state index contributed by atoms with van der Waals surface area (Å²) in [5.74, 6) is 0.446. The molecule has 3 aliphatic heterocycles. The zero-order valence-corrected chi connectivity index (χ0v) is 6.53. The van der Waals surface area contributed by atoms with E-state index in [0.29, 0.717) is 12.3 Å². The summed E-state index contributed by atoms with van der Waals surface area (Å²) < 4.78 is 7.76. The molecular formula is C8H14N2O. The first kappa shape index (κ1) is 6.00. The van der Waals surface area contributed by atoms with Crippen LogP contribution in [0.15, 0.2) is 5.16 Å². The summed E-state index contributed by atoms with van der Waals surface area (Å²) in [6.45, 7) is 1.82. The lowest BCUT2D eigenvalue weighted by atomic mass is 9.94. The van der Waals surface area contributed by atoms with Crippen molar-refractivity contribution in [3.8, 4) is 0 Å². The van der Waals surface area contributed by atoms with Crippen molar-refractivity contribution < 1.29 is 6.58 Å². The van der Waals surface area contributed by atoms with Crippen LogP contribution in [0.2, 0.25) is 0 Å². The van der Waals surface area contributed by atoms with Crippen molar-refractivity contribution in [2.75, 3.05) is 19.6 Å². The van der Waals surface area contributed by atoms with Gasteiger partial charge in [-0.05, 0) is 25.9 Å². The van der Waals surface area contributed by atoms with Gasteiger partial charge in [0.1, 0.15) is 0 Å². The summed E-state index contributed by atoms with van der Waals surface area (Å²) in [6.07, 6.45) is 2.75. The molecule has 3 nitrogen and oxygen atoms in total. The van der Waals surface area contributed by atoms with Crippen LogP contribution in [0.25, 0.3) is 0 Å². The maximum absolute atomic E-state index is 8.74. The van der Waals surface area contributed by atoms with E-state index < -0.39 is 0 Å². The fourth-order valence-corrected chi connectivity index (χ4v) is 1.93. The summed E-state index contributed by atoms with van der Waals surface area (Å²) in [4.78, 5) is 2.16. The van der Waals surface area contributed by atoms with Gasteiger partial charge in [0, 0.05) is 20.2 Å². The maximum atomic E-state index is 8.74. The molecule has 1 N–H and O–H groups in total. The van der Waals surface area contributed by atoms with E-state index in [1.807, 2.05) is 0 Å². The molecule has 1 atom stereocenters. The lowest BCUT2D eigenvalue weighted by Crippen LogP contribution is -2.30. The molecule has 3 heterocycles. The van der Waals surface area contributed by atoms with Crippen molar-refractivity contribution in [3.63, 3.8) is 0 Å². The highest BCUT2D eigenvalue weighted by Gasteiger charge is 2.27. The molecule has 3 saturated heterocycles. The fraction of sp³-hybridized carbons (Fsp3) is 0.875. The van der Waals surface area contributed by atoms with Crippen LogP contribution in [0, 0.1) is 5.92 Å². The third-order valence-electron chi connectivity index (χ3n) is 2.69. The fourth-order valence-electron chi connectivity index (χ4n) is 1.93. The molecule has 0 amide bonds. The second kappa shape index (κ2) is 2.81. The minimum atomic E-state index is -0.177. The Labute approximate surface area is 68.1 Å². The lowest BCUT2D eigenvalue weighted by Gasteiger charge is -2.25. The average molecular weight is 155 g/mol. The molecule has 0 saturated carbocycles. The van der Waals surface area contributed by atoms with Gasteiger partial charge in [0.2, 0.25) is 0 Å². The SMILES string of the molecule is [2H]C1CC(=NO)C2CCN1CC2. The van der Waals surface area contributed by atoms with E-state index in [4.69, 9.17) is 6.58 Å². The molecule has 0 spiro atoms. The van der Waals surface area contributed by atoms with E-state index in [9.17, 15) is 0 Å². The number of hydrogen-bond donors (Lipinski definition) is 1. The summed E-state index contributed by atoms with van der Waals surface area (Å²) in [5, 5.41) is 12.0. The van der Waals surface area contributed by atoms with Crippen molar-refractivity contribution in [2.45, 2.75) is 19.3 Å². The Bertz CT molecular complexity index is 199. The zero-order chi connectivity index (χ0) is 8.55. The van der Waals surface area contributed by atoms with Gasteiger partial charge >= 0.3 is 0 Å². The van der Waals surface area contributed by atoms with Gasteiger partial charge in [-0.3, -0.25) is 0 Å². The first-order valence-electron chi connectivity index (χ1n) is 4.76. The summed E-state index contributed by atoms with van der Waals surface area (Å²) in [7, 11) is 0. The van der Waals surface area contributed by atoms with Gasteiger partial charge in [0.15, 0.2) is 0 Å². The van der Waals surface area contributed by atoms with E-state index in [2.05, 4.69) is 10.1 Å². The van der Waals surface area contributed by atoms with Crippen LogP contribution in [0.1, 0.15) is 20.6 Å². The molecule has 62 valence electrons. The Morgan fingerprint density at radius 2 is 2.27 bits per heavy atom. The monoisotopic (exact) mass is 155 g/mol. The van der Waals surface area contributed by atoms with Gasteiger partial charge in [0.05, 0.1) is 5.71 Å². The first-order valence-corrected chi connectivity index (χ1v) is 4.18. The van der Waals surface area contributed by atoms with Crippen LogP contribution in [0.4, 0.5) is 0 Å². The molecule has 0 aliphatic carbocycles. The summed E-state index contributed by atoms with van der Waals surface area (Å²) in [6, 6.07) is 0. The number of nitrogens with zero attached hydrogens (tertiary/aromatic N) is 2. The molecule has 0 radical (unpaired) electrons. The predicted molar refractivity (Wildman–Crippen MR) is 43.0 cm³/mol. The van der Waals surface area contributed by atoms with Gasteiger partial charge in [-0.1, -0.05) is 5.16 Å². The third kappa shape index (κ3) is 1.25. The van der Waals surface area contributed by atoms with Crippen molar-refractivity contribution in [1.82, 2.24) is 4.90 Å². The van der Waals surface area contributed by atoms with E-state index in [1.165, 1.54) is 0 Å². The standard InChI is InChI=1S/C8H14N2O/c11-9-8-3-6-10-4-1-7(8)2-5-10/h7,11H,1-6H2/i6D. The average Bonchev–Trinajstić information content (AvgIpc) is 2.36. The highest BCUT2D eigenvalue weighted by Crippen LogP contribution is 2.24. The van der Waals surface area contributed by atoms with Crippen molar-refractivity contribution in [1.29, 1.82) is 0 Å². The van der Waals surface area contributed by atoms with Crippen molar-refractivity contribution >= 4 is 5.71 Å². The summed E-state index contributed by atoms with van der Waals surface area (Å²) in [5.41, 5.74) is 0.843. The smallest absolute Gasteiger partial charge is 0.0615 e. The van der Waals surface area contributed by atoms with E-state index in [0.717, 1.165) is 31.6 Å². The molecule has 3 aliphatic rings. The molecule has 0 aromatic heterocycles. The Kier molecular flexibility index (Phi) is 1.54. The number of piperidine rings is 1. The van der Waals surface area contributed by atoms with Gasteiger partial charge in [0.25, 0.3) is 0 Å². The van der Waals surface area contributed by atoms with Crippen LogP contribution >= 0.6 is 0 Å². The topological polar surface area (TPSA) is 35.8 Å². The van der Waals surface area contributed by atoms with Crippen LogP contribution in [-0.2, 0) is 0 Å². The largest absolute Gasteiger partial charge is 0.411 e. The molecular weight excluding hydrogens is 140 g/mol. The van der Waals surface area contributed by atoms with Gasteiger partial charge in [-0.2, -0.15) is 0 Å². The lowest BCUT2D eigenvalue weighted by molar-refractivity contribution is 0.232. The third-order valence-corrected chi connectivity index (χ3v) is 2.69. The van der Waals surface area contributed by atoms with E-state index >= 15 is 0 Å². The number of oxime groups is 1. The Hall–Kier alpha value is -0.570. The minimum Gasteiger partial charge on any atom is -0.411 e. The zero-order valence-electron chi connectivity index (χ0n) is 7.53. The van der Waals surface area contributed by atoms with Gasteiger partial charge in [-0.15, -0.1) is 0 Å². The quantitative estimate of drug-likeness (QED) is 0.417. The first-order chi connectivity index (χ1) is 5.81. The second-order valence-electron chi connectivity index (χ2n) is 3.29. The minimum absolute atomic E-state index is 0.177. The van der Waals surface area contributed by atoms with Crippen molar-refractivity contribution in [3.05, 3.63) is 0 Å². The molecule has 1 unspecified atom stereocenters. The molecule has 11 heavy (non-hydrogen) atoms. The van der Waals surface area contributed by atoms with Crippen LogP contribution < -0.4 is 0 Å². The van der Waals surface area contributed by atoms with Crippen molar-refractivity contribution in [2.24, 2.45) is 11.1 Å². The molecule has 0 aromatic carbocycles. The predicted octanol–water partition coefficient (Wildman–Crippen LogP) is 0.932. The normalized spacial score (nSPS) is 48.9. The second-order valence-corrected chi connectivity index (χ2v) is 3.29. The number of rotatable bonds is 0. The highest BCUT2D eigenvalue weighted by molar-refractivity contribution is 5.86. The number of fused-ring (bicyclic) bond motifs is 4. The van der Waals surface area contributed by atoms with Gasteiger partial charge in [-0.25, -0.2) is 0 Å². The van der Waals surface area contributed by atoms with Crippen LogP contribution in [0.3, 0.4) is 0 Å². The molecule has 2 bridgehead atoms. The van der Waals surface area contributed by atoms with E-state index in [1.54, 1.807) is 0 Å². The Balaban J connectivity index is 2.20. The molecule has 0 aromatic rings. The summed E-state index contributed by atoms with van der Waals surface area (Å²) >= 11 is 0. The van der Waals surface area contributed by atoms with Gasteiger partial charge < -0.3 is 10.1 Å². The Morgan fingerprint density at radius 1 is 1.55 bits per heavy atom. The van der Waals surface area contributed by atoms with Crippen LogP contribution in [-0.4, -0.2) is 35.4 Å². The molecule has 3 fully saturated rings. The maximum Gasteiger partial charge on any atom is 0.0615 e. The van der Waals surface area contributed by atoms with Crippen LogP contribution in [0.5, 0.6) is 0 Å². The highest BCUT2D eigenvalue weighted by atomic mass is 16.4. The Morgan fingerprint density at radius 3 is 2.91 bits per heavy atom. The molecule has 3 rings (SSSR count). The van der Waals surface area contributed by atoms with E-state index in [-0.39, 0.29) is 6.52 Å².